The van der Waals surface area contributed by atoms with Crippen molar-refractivity contribution in [2.75, 3.05) is 31.1 Å². The molecule has 3 atom stereocenters. The summed E-state index contributed by atoms with van der Waals surface area (Å²) in [6.45, 7) is 4.69. The average molecular weight is 425 g/mol. The first-order valence-corrected chi connectivity index (χ1v) is 12.1. The highest BCUT2D eigenvalue weighted by molar-refractivity contribution is 5.53. The van der Waals surface area contributed by atoms with Crippen molar-refractivity contribution >= 4 is 5.69 Å². The van der Waals surface area contributed by atoms with Gasteiger partial charge in [0.25, 0.3) is 0 Å². The fourth-order valence-electron chi connectivity index (χ4n) is 6.47. The van der Waals surface area contributed by atoms with Gasteiger partial charge in [-0.15, -0.1) is 0 Å². The van der Waals surface area contributed by atoms with Crippen molar-refractivity contribution in [3.05, 3.63) is 95.1 Å². The molecule has 0 saturated carbocycles. The molecule has 3 aliphatic rings. The fraction of sp³-hybridized carbons (Fsp3) is 0.379. The number of nitrogens with one attached hydrogen (secondary N) is 1. The molecule has 2 N–H and O–H groups in total. The average Bonchev–Trinajstić information content (AvgIpc) is 3.48. The van der Waals surface area contributed by atoms with Gasteiger partial charge in [0.1, 0.15) is 5.75 Å². The van der Waals surface area contributed by atoms with Gasteiger partial charge in [-0.3, -0.25) is 0 Å². The Labute approximate surface area is 191 Å². The number of benzene rings is 3. The highest BCUT2D eigenvalue weighted by Gasteiger charge is 2.40. The monoisotopic (exact) mass is 424 g/mol. The number of hydrogen-bond acceptors (Lipinski definition) is 3. The Hall–Kier alpha value is -2.78. The van der Waals surface area contributed by atoms with E-state index in [0.717, 1.165) is 12.8 Å². The summed E-state index contributed by atoms with van der Waals surface area (Å²) in [5.74, 6) is 1.15. The van der Waals surface area contributed by atoms with Crippen LogP contribution in [-0.4, -0.2) is 31.3 Å². The van der Waals surface area contributed by atoms with Gasteiger partial charge in [-0.2, -0.15) is 0 Å². The molecule has 3 heteroatoms. The standard InChI is InChI=1S/C29H32N2O/c32-25-11-13-27-23(18-25)8-12-26(21-4-2-1-3-5-21)28(27)22-6-9-24(10-7-22)31-17-15-29(20-31)14-16-30-19-29/h1-7,9-11,13,18,26,28,30,32H,8,12,14-17,19-20H2/t26-,28?,29?/m1/s1. The van der Waals surface area contributed by atoms with Crippen LogP contribution in [0, 0.1) is 5.41 Å². The minimum atomic E-state index is 0.319. The van der Waals surface area contributed by atoms with Crippen LogP contribution < -0.4 is 10.2 Å². The van der Waals surface area contributed by atoms with E-state index in [9.17, 15) is 5.11 Å². The van der Waals surface area contributed by atoms with Crippen molar-refractivity contribution in [1.29, 1.82) is 0 Å². The second-order valence-electron chi connectivity index (χ2n) is 10.1. The van der Waals surface area contributed by atoms with Crippen LogP contribution >= 0.6 is 0 Å². The van der Waals surface area contributed by atoms with Crippen LogP contribution in [-0.2, 0) is 6.42 Å². The summed E-state index contributed by atoms with van der Waals surface area (Å²) >= 11 is 0. The van der Waals surface area contributed by atoms with Crippen molar-refractivity contribution in [1.82, 2.24) is 5.32 Å². The molecule has 0 amide bonds. The third kappa shape index (κ3) is 3.49. The largest absolute Gasteiger partial charge is 0.508 e. The molecule has 2 unspecified atom stereocenters. The van der Waals surface area contributed by atoms with Crippen LogP contribution in [0.3, 0.4) is 0 Å². The number of aryl methyl sites for hydroxylation is 1. The number of anilines is 1. The molecule has 2 heterocycles. The van der Waals surface area contributed by atoms with E-state index in [1.54, 1.807) is 0 Å². The van der Waals surface area contributed by atoms with Crippen LogP contribution in [0.15, 0.2) is 72.8 Å². The van der Waals surface area contributed by atoms with E-state index in [0.29, 0.717) is 23.0 Å². The zero-order valence-corrected chi connectivity index (χ0v) is 18.6. The summed E-state index contributed by atoms with van der Waals surface area (Å²) in [5.41, 5.74) is 7.30. The van der Waals surface area contributed by atoms with E-state index in [1.807, 2.05) is 12.1 Å². The molecule has 2 aliphatic heterocycles. The molecule has 3 aromatic rings. The minimum absolute atomic E-state index is 0.319. The van der Waals surface area contributed by atoms with Gasteiger partial charge in [0, 0.05) is 36.7 Å². The number of nitrogens with zero attached hydrogens (tertiary/aromatic N) is 1. The molecule has 0 aromatic heterocycles. The highest BCUT2D eigenvalue weighted by Crippen LogP contribution is 2.47. The number of aromatic hydroxyl groups is 1. The Morgan fingerprint density at radius 1 is 0.906 bits per heavy atom. The predicted molar refractivity (Wildman–Crippen MR) is 131 cm³/mol. The Balaban J connectivity index is 1.33. The summed E-state index contributed by atoms with van der Waals surface area (Å²) in [5, 5.41) is 13.6. The van der Waals surface area contributed by atoms with Crippen LogP contribution in [0.2, 0.25) is 0 Å². The minimum Gasteiger partial charge on any atom is -0.508 e. The molecule has 1 aliphatic carbocycles. The lowest BCUT2D eigenvalue weighted by molar-refractivity contribution is 0.369. The van der Waals surface area contributed by atoms with E-state index < -0.39 is 0 Å². The lowest BCUT2D eigenvalue weighted by Gasteiger charge is -2.35. The van der Waals surface area contributed by atoms with Gasteiger partial charge in [-0.05, 0) is 84.7 Å². The van der Waals surface area contributed by atoms with Crippen LogP contribution in [0.4, 0.5) is 5.69 Å². The maximum absolute atomic E-state index is 10.1. The first-order valence-electron chi connectivity index (χ1n) is 12.1. The van der Waals surface area contributed by atoms with E-state index in [-0.39, 0.29) is 0 Å². The third-order valence-electron chi connectivity index (χ3n) is 8.20. The first-order chi connectivity index (χ1) is 15.7. The smallest absolute Gasteiger partial charge is 0.115 e. The molecule has 3 aromatic carbocycles. The number of rotatable bonds is 3. The van der Waals surface area contributed by atoms with Gasteiger partial charge in [-0.1, -0.05) is 48.5 Å². The van der Waals surface area contributed by atoms with E-state index >= 15 is 0 Å². The zero-order valence-electron chi connectivity index (χ0n) is 18.6. The topological polar surface area (TPSA) is 35.5 Å². The number of phenols is 1. The number of fused-ring (bicyclic) bond motifs is 1. The summed E-state index contributed by atoms with van der Waals surface area (Å²) in [6, 6.07) is 26.3. The summed E-state index contributed by atoms with van der Waals surface area (Å²) in [6.07, 6.45) is 4.74. The normalized spacial score (nSPS) is 27.1. The second kappa shape index (κ2) is 7.97. The molecular formula is C29H32N2O. The van der Waals surface area contributed by atoms with Crippen molar-refractivity contribution < 1.29 is 5.11 Å². The predicted octanol–water partition coefficient (Wildman–Crippen LogP) is 5.44. The summed E-state index contributed by atoms with van der Waals surface area (Å²) < 4.78 is 0. The molecule has 6 rings (SSSR count). The zero-order chi connectivity index (χ0) is 21.5. The van der Waals surface area contributed by atoms with Crippen LogP contribution in [0.25, 0.3) is 0 Å². The third-order valence-corrected chi connectivity index (χ3v) is 8.20. The van der Waals surface area contributed by atoms with Crippen molar-refractivity contribution in [3.8, 4) is 5.75 Å². The van der Waals surface area contributed by atoms with Crippen LogP contribution in [0.5, 0.6) is 5.75 Å². The molecule has 164 valence electrons. The van der Waals surface area contributed by atoms with Gasteiger partial charge in [-0.25, -0.2) is 0 Å². The molecule has 32 heavy (non-hydrogen) atoms. The van der Waals surface area contributed by atoms with Crippen molar-refractivity contribution in [2.24, 2.45) is 5.41 Å². The maximum Gasteiger partial charge on any atom is 0.115 e. The molecule has 0 bridgehead atoms. The molecule has 2 fully saturated rings. The first kappa shape index (κ1) is 19.9. The SMILES string of the molecule is Oc1ccc2c(c1)CC[C@H](c1ccccc1)C2c1ccc(N2CCC3(CCNC3)C2)cc1. The van der Waals surface area contributed by atoms with E-state index in [2.05, 4.69) is 70.9 Å². The lowest BCUT2D eigenvalue weighted by atomic mass is 9.69. The van der Waals surface area contributed by atoms with Gasteiger partial charge < -0.3 is 15.3 Å². The maximum atomic E-state index is 10.1. The number of hydrogen-bond donors (Lipinski definition) is 2. The van der Waals surface area contributed by atoms with Gasteiger partial charge in [0.05, 0.1) is 0 Å². The Kier molecular flexibility index (Phi) is 4.95. The Morgan fingerprint density at radius 3 is 2.53 bits per heavy atom. The Bertz CT molecular complexity index is 1090. The second-order valence-corrected chi connectivity index (χ2v) is 10.1. The Morgan fingerprint density at radius 2 is 1.75 bits per heavy atom. The van der Waals surface area contributed by atoms with Gasteiger partial charge in [0.15, 0.2) is 0 Å². The molecule has 0 radical (unpaired) electrons. The van der Waals surface area contributed by atoms with Crippen molar-refractivity contribution in [2.45, 2.75) is 37.5 Å². The molecule has 3 nitrogen and oxygen atoms in total. The van der Waals surface area contributed by atoms with Gasteiger partial charge in [0.2, 0.25) is 0 Å². The number of phenolic OH excluding ortho intramolecular Hbond substituents is 1. The van der Waals surface area contributed by atoms with Crippen molar-refractivity contribution in [3.63, 3.8) is 0 Å². The quantitative estimate of drug-likeness (QED) is 0.587. The van der Waals surface area contributed by atoms with Crippen LogP contribution in [0.1, 0.15) is 53.4 Å². The molecule has 2 saturated heterocycles. The fourth-order valence-corrected chi connectivity index (χ4v) is 6.47. The van der Waals surface area contributed by atoms with E-state index in [4.69, 9.17) is 0 Å². The molecular weight excluding hydrogens is 392 g/mol. The lowest BCUT2D eigenvalue weighted by Crippen LogP contribution is -2.29. The summed E-state index contributed by atoms with van der Waals surface area (Å²) in [7, 11) is 0. The van der Waals surface area contributed by atoms with E-state index in [1.165, 1.54) is 67.0 Å². The van der Waals surface area contributed by atoms with Gasteiger partial charge >= 0.3 is 0 Å². The molecule has 1 spiro atoms. The highest BCUT2D eigenvalue weighted by atomic mass is 16.3. The summed E-state index contributed by atoms with van der Waals surface area (Å²) in [4.78, 5) is 2.58.